The van der Waals surface area contributed by atoms with Crippen molar-refractivity contribution in [3.8, 4) is 0 Å². The summed E-state index contributed by atoms with van der Waals surface area (Å²) in [5.41, 5.74) is 0. The Morgan fingerprint density at radius 3 is 2.73 bits per heavy atom. The van der Waals surface area contributed by atoms with Crippen molar-refractivity contribution in [3.05, 3.63) is 0 Å². The molecule has 1 amide bonds. The lowest BCUT2D eigenvalue weighted by Gasteiger charge is -2.28. The second-order valence-electron chi connectivity index (χ2n) is 4.30. The van der Waals surface area contributed by atoms with Gasteiger partial charge in [-0.3, -0.25) is 4.79 Å². The fourth-order valence-corrected chi connectivity index (χ4v) is 2.47. The summed E-state index contributed by atoms with van der Waals surface area (Å²) in [6, 6.07) is -0.510. The van der Waals surface area contributed by atoms with E-state index in [1.807, 2.05) is 0 Å². The molecule has 2 atom stereocenters. The zero-order valence-corrected chi connectivity index (χ0v) is 8.72. The van der Waals surface area contributed by atoms with Crippen molar-refractivity contribution in [2.75, 3.05) is 13.1 Å². The lowest BCUT2D eigenvalue weighted by Crippen LogP contribution is -2.49. The SMILES string of the molecule is O=C([C@@H]1CCCN1)N1CCCC1C(O)O. The van der Waals surface area contributed by atoms with Gasteiger partial charge in [-0.15, -0.1) is 0 Å². The standard InChI is InChI=1S/C10H18N2O3/c13-9(7-3-1-5-11-7)12-6-2-4-8(12)10(14)15/h7-8,10-11,14-15H,1-6H2/t7-,8?/m0/s1. The van der Waals surface area contributed by atoms with Gasteiger partial charge in [0.05, 0.1) is 12.1 Å². The van der Waals surface area contributed by atoms with E-state index >= 15 is 0 Å². The van der Waals surface area contributed by atoms with Crippen LogP contribution >= 0.6 is 0 Å². The molecule has 2 saturated heterocycles. The number of nitrogens with zero attached hydrogens (tertiary/aromatic N) is 1. The van der Waals surface area contributed by atoms with Crippen LogP contribution < -0.4 is 5.32 Å². The third kappa shape index (κ3) is 2.14. The fourth-order valence-electron chi connectivity index (χ4n) is 2.47. The molecular weight excluding hydrogens is 196 g/mol. The van der Waals surface area contributed by atoms with Crippen LogP contribution in [0.25, 0.3) is 0 Å². The van der Waals surface area contributed by atoms with Crippen molar-refractivity contribution in [1.29, 1.82) is 0 Å². The molecule has 0 aromatic heterocycles. The maximum atomic E-state index is 12.0. The van der Waals surface area contributed by atoms with Gasteiger partial charge in [0.15, 0.2) is 6.29 Å². The highest BCUT2D eigenvalue weighted by Crippen LogP contribution is 2.22. The molecule has 0 aromatic carbocycles. The second kappa shape index (κ2) is 4.47. The molecule has 0 saturated carbocycles. The van der Waals surface area contributed by atoms with Gasteiger partial charge in [0, 0.05) is 6.54 Å². The van der Waals surface area contributed by atoms with Crippen LogP contribution in [0.4, 0.5) is 0 Å². The molecule has 2 aliphatic rings. The maximum absolute atomic E-state index is 12.0. The summed E-state index contributed by atoms with van der Waals surface area (Å²) in [5.74, 6) is 0.0306. The van der Waals surface area contributed by atoms with Gasteiger partial charge >= 0.3 is 0 Å². The summed E-state index contributed by atoms with van der Waals surface area (Å²) in [6.07, 6.45) is 2.04. The number of rotatable bonds is 2. The summed E-state index contributed by atoms with van der Waals surface area (Å²) in [6.45, 7) is 1.54. The van der Waals surface area contributed by atoms with Gasteiger partial charge in [-0.2, -0.15) is 0 Å². The van der Waals surface area contributed by atoms with Crippen LogP contribution in [0.2, 0.25) is 0 Å². The normalized spacial score (nSPS) is 31.5. The van der Waals surface area contributed by atoms with Gasteiger partial charge in [-0.1, -0.05) is 0 Å². The molecule has 0 bridgehead atoms. The minimum Gasteiger partial charge on any atom is -0.366 e. The van der Waals surface area contributed by atoms with Crippen LogP contribution in [0.3, 0.4) is 0 Å². The molecule has 0 aromatic rings. The summed E-state index contributed by atoms with van der Waals surface area (Å²) in [4.78, 5) is 13.6. The molecule has 2 fully saturated rings. The number of hydrogen-bond donors (Lipinski definition) is 3. The van der Waals surface area contributed by atoms with Crippen molar-refractivity contribution in [1.82, 2.24) is 10.2 Å². The van der Waals surface area contributed by atoms with E-state index in [0.717, 1.165) is 25.8 Å². The van der Waals surface area contributed by atoms with Crippen LogP contribution in [0.5, 0.6) is 0 Å². The number of amides is 1. The Labute approximate surface area is 89.1 Å². The summed E-state index contributed by atoms with van der Waals surface area (Å²) in [5, 5.41) is 21.4. The average Bonchev–Trinajstić information content (AvgIpc) is 2.88. The predicted molar refractivity (Wildman–Crippen MR) is 54.0 cm³/mol. The van der Waals surface area contributed by atoms with E-state index in [9.17, 15) is 4.79 Å². The van der Waals surface area contributed by atoms with E-state index < -0.39 is 12.3 Å². The quantitative estimate of drug-likeness (QED) is 0.518. The van der Waals surface area contributed by atoms with Gasteiger partial charge in [0.25, 0.3) is 0 Å². The number of nitrogens with one attached hydrogen (secondary N) is 1. The van der Waals surface area contributed by atoms with Gasteiger partial charge in [-0.05, 0) is 32.2 Å². The van der Waals surface area contributed by atoms with Crippen molar-refractivity contribution < 1.29 is 15.0 Å². The van der Waals surface area contributed by atoms with Crippen molar-refractivity contribution in [2.45, 2.75) is 44.1 Å². The summed E-state index contributed by atoms with van der Waals surface area (Å²) < 4.78 is 0. The lowest BCUT2D eigenvalue weighted by molar-refractivity contribution is -0.144. The molecule has 5 nitrogen and oxygen atoms in total. The van der Waals surface area contributed by atoms with E-state index in [1.165, 1.54) is 0 Å². The summed E-state index contributed by atoms with van der Waals surface area (Å²) >= 11 is 0. The van der Waals surface area contributed by atoms with Crippen molar-refractivity contribution in [2.24, 2.45) is 0 Å². The topological polar surface area (TPSA) is 72.8 Å². The second-order valence-corrected chi connectivity index (χ2v) is 4.30. The minimum atomic E-state index is -1.40. The first kappa shape index (κ1) is 10.9. The molecule has 2 heterocycles. The van der Waals surface area contributed by atoms with Crippen molar-refractivity contribution >= 4 is 5.91 Å². The monoisotopic (exact) mass is 214 g/mol. The largest absolute Gasteiger partial charge is 0.366 e. The Balaban J connectivity index is 1.99. The third-order valence-corrected chi connectivity index (χ3v) is 3.28. The number of aliphatic hydroxyl groups excluding tert-OH is 1. The molecule has 86 valence electrons. The van der Waals surface area contributed by atoms with Crippen LogP contribution in [-0.4, -0.2) is 52.5 Å². The van der Waals surface area contributed by atoms with Gasteiger partial charge < -0.3 is 20.4 Å². The summed E-state index contributed by atoms with van der Waals surface area (Å²) in [7, 11) is 0. The molecule has 3 N–H and O–H groups in total. The van der Waals surface area contributed by atoms with E-state index in [-0.39, 0.29) is 11.9 Å². The number of likely N-dealkylation sites (tertiary alicyclic amines) is 1. The lowest BCUT2D eigenvalue weighted by atomic mass is 10.1. The van der Waals surface area contributed by atoms with E-state index in [1.54, 1.807) is 4.90 Å². The fraction of sp³-hybridized carbons (Fsp3) is 0.900. The molecule has 0 spiro atoms. The predicted octanol–water partition coefficient (Wildman–Crippen LogP) is -0.960. The molecule has 0 radical (unpaired) electrons. The van der Waals surface area contributed by atoms with Crippen molar-refractivity contribution in [3.63, 3.8) is 0 Å². The number of hydrogen-bond acceptors (Lipinski definition) is 4. The minimum absolute atomic E-state index is 0.0306. The van der Waals surface area contributed by atoms with Gasteiger partial charge in [0.1, 0.15) is 0 Å². The van der Waals surface area contributed by atoms with Crippen LogP contribution in [0.15, 0.2) is 0 Å². The Hall–Kier alpha value is -0.650. The Morgan fingerprint density at radius 2 is 2.13 bits per heavy atom. The number of carbonyl (C=O) groups excluding carboxylic acids is 1. The Bertz CT molecular complexity index is 239. The van der Waals surface area contributed by atoms with Crippen LogP contribution in [0, 0.1) is 0 Å². The van der Waals surface area contributed by atoms with Gasteiger partial charge in [-0.25, -0.2) is 0 Å². The molecule has 15 heavy (non-hydrogen) atoms. The van der Waals surface area contributed by atoms with Gasteiger partial charge in [0.2, 0.25) is 5.91 Å². The van der Waals surface area contributed by atoms with E-state index in [0.29, 0.717) is 13.0 Å². The zero-order chi connectivity index (χ0) is 10.8. The average molecular weight is 214 g/mol. The molecule has 2 rings (SSSR count). The first-order chi connectivity index (χ1) is 7.20. The first-order valence-electron chi connectivity index (χ1n) is 5.60. The molecular formula is C10H18N2O3. The van der Waals surface area contributed by atoms with Crippen LogP contribution in [-0.2, 0) is 4.79 Å². The zero-order valence-electron chi connectivity index (χ0n) is 8.72. The third-order valence-electron chi connectivity index (χ3n) is 3.28. The Morgan fingerprint density at radius 1 is 1.33 bits per heavy atom. The van der Waals surface area contributed by atoms with E-state index in [4.69, 9.17) is 10.2 Å². The highest BCUT2D eigenvalue weighted by molar-refractivity contribution is 5.82. The highest BCUT2D eigenvalue weighted by atomic mass is 16.5. The molecule has 0 aliphatic carbocycles. The first-order valence-corrected chi connectivity index (χ1v) is 5.60. The number of aliphatic hydroxyl groups is 2. The van der Waals surface area contributed by atoms with E-state index in [2.05, 4.69) is 5.32 Å². The smallest absolute Gasteiger partial charge is 0.240 e. The maximum Gasteiger partial charge on any atom is 0.240 e. The molecule has 2 aliphatic heterocycles. The number of carbonyl (C=O) groups is 1. The molecule has 5 heteroatoms. The molecule has 1 unspecified atom stereocenters. The Kier molecular flexibility index (Phi) is 3.23. The highest BCUT2D eigenvalue weighted by Gasteiger charge is 2.36. The van der Waals surface area contributed by atoms with Crippen LogP contribution in [0.1, 0.15) is 25.7 Å².